The van der Waals surface area contributed by atoms with Crippen molar-refractivity contribution in [3.05, 3.63) is 70.8 Å². The minimum absolute atomic E-state index is 0.122. The van der Waals surface area contributed by atoms with Gasteiger partial charge in [0.1, 0.15) is 11.6 Å². The smallest absolute Gasteiger partial charge is 0.195 e. The molecule has 0 saturated carbocycles. The average molecular weight is 261 g/mol. The summed E-state index contributed by atoms with van der Waals surface area (Å²) in [5.74, 6) is -1.99. The fraction of sp³-hybridized carbons (Fsp3) is 0.133. The Morgan fingerprint density at radius 1 is 1.11 bits per heavy atom. The first kappa shape index (κ1) is 13.4. The highest BCUT2D eigenvalue weighted by Gasteiger charge is 2.14. The molecule has 0 aliphatic rings. The maximum absolute atomic E-state index is 13.5. The lowest BCUT2D eigenvalue weighted by molar-refractivity contribution is 0.103. The molecule has 0 aromatic heterocycles. The van der Waals surface area contributed by atoms with Gasteiger partial charge in [0.2, 0.25) is 0 Å². The van der Waals surface area contributed by atoms with Crippen LogP contribution in [0.15, 0.2) is 42.5 Å². The Morgan fingerprint density at radius 3 is 2.37 bits per heavy atom. The van der Waals surface area contributed by atoms with Crippen LogP contribution in [0.1, 0.15) is 21.5 Å². The zero-order chi connectivity index (χ0) is 13.8. The van der Waals surface area contributed by atoms with Crippen LogP contribution in [0.5, 0.6) is 0 Å². The van der Waals surface area contributed by atoms with Gasteiger partial charge >= 0.3 is 0 Å². The van der Waals surface area contributed by atoms with Crippen LogP contribution in [0.4, 0.5) is 8.78 Å². The maximum atomic E-state index is 13.5. The molecule has 0 radical (unpaired) electrons. The van der Waals surface area contributed by atoms with Gasteiger partial charge in [-0.1, -0.05) is 24.3 Å². The Balaban J connectivity index is 2.28. The number of carbonyl (C=O) groups is 1. The summed E-state index contributed by atoms with van der Waals surface area (Å²) in [5, 5.41) is 2.99. The third-order valence-corrected chi connectivity index (χ3v) is 2.77. The molecule has 4 heteroatoms. The van der Waals surface area contributed by atoms with Gasteiger partial charge in [-0.25, -0.2) is 8.78 Å². The van der Waals surface area contributed by atoms with Crippen molar-refractivity contribution >= 4 is 5.78 Å². The minimum Gasteiger partial charge on any atom is -0.316 e. The quantitative estimate of drug-likeness (QED) is 0.857. The van der Waals surface area contributed by atoms with Crippen molar-refractivity contribution < 1.29 is 13.6 Å². The topological polar surface area (TPSA) is 29.1 Å². The molecule has 0 aliphatic heterocycles. The highest BCUT2D eigenvalue weighted by molar-refractivity contribution is 6.09. The van der Waals surface area contributed by atoms with Crippen LogP contribution in [-0.2, 0) is 6.54 Å². The van der Waals surface area contributed by atoms with Gasteiger partial charge in [-0.3, -0.25) is 4.79 Å². The van der Waals surface area contributed by atoms with Crippen molar-refractivity contribution in [2.45, 2.75) is 6.54 Å². The van der Waals surface area contributed by atoms with Gasteiger partial charge in [0.05, 0.1) is 5.56 Å². The molecule has 0 bridgehead atoms. The summed E-state index contributed by atoms with van der Waals surface area (Å²) in [6, 6.07) is 9.81. The lowest BCUT2D eigenvalue weighted by Crippen LogP contribution is -2.07. The van der Waals surface area contributed by atoms with E-state index in [1.165, 1.54) is 0 Å². The predicted octanol–water partition coefficient (Wildman–Crippen LogP) is 2.92. The van der Waals surface area contributed by atoms with Crippen molar-refractivity contribution in [2.24, 2.45) is 0 Å². The lowest BCUT2D eigenvalue weighted by atomic mass is 10.0. The third kappa shape index (κ3) is 3.03. The zero-order valence-corrected chi connectivity index (χ0v) is 10.4. The lowest BCUT2D eigenvalue weighted by Gasteiger charge is -2.05. The SMILES string of the molecule is CNCc1ccc(C(=O)c2ccc(F)cc2F)cc1. The fourth-order valence-corrected chi connectivity index (χ4v) is 1.81. The molecule has 0 aliphatic carbocycles. The predicted molar refractivity (Wildman–Crippen MR) is 69.0 cm³/mol. The highest BCUT2D eigenvalue weighted by Crippen LogP contribution is 2.15. The van der Waals surface area contributed by atoms with Crippen LogP contribution in [-0.4, -0.2) is 12.8 Å². The van der Waals surface area contributed by atoms with E-state index in [9.17, 15) is 13.6 Å². The van der Waals surface area contributed by atoms with E-state index in [2.05, 4.69) is 5.32 Å². The number of carbonyl (C=O) groups excluding carboxylic acids is 1. The second kappa shape index (κ2) is 5.71. The first-order chi connectivity index (χ1) is 9.11. The number of halogens is 2. The molecule has 0 heterocycles. The fourth-order valence-electron chi connectivity index (χ4n) is 1.81. The summed E-state index contributed by atoms with van der Waals surface area (Å²) >= 11 is 0. The summed E-state index contributed by atoms with van der Waals surface area (Å²) in [5.41, 5.74) is 1.28. The Morgan fingerprint density at radius 2 is 1.79 bits per heavy atom. The number of hydrogen-bond donors (Lipinski definition) is 1. The standard InChI is InChI=1S/C15H13F2NO/c1-18-9-10-2-4-11(5-3-10)15(19)13-7-6-12(16)8-14(13)17/h2-8,18H,9H2,1H3. The normalized spacial score (nSPS) is 10.5. The van der Waals surface area contributed by atoms with E-state index in [0.29, 0.717) is 18.2 Å². The summed E-state index contributed by atoms with van der Waals surface area (Å²) < 4.78 is 26.3. The zero-order valence-electron chi connectivity index (χ0n) is 10.4. The van der Waals surface area contributed by atoms with Gasteiger partial charge in [0.15, 0.2) is 5.78 Å². The Labute approximate surface area is 110 Å². The number of hydrogen-bond acceptors (Lipinski definition) is 2. The van der Waals surface area contributed by atoms with Gasteiger partial charge in [0, 0.05) is 18.2 Å². The minimum atomic E-state index is -0.843. The summed E-state index contributed by atoms with van der Waals surface area (Å²) in [6.45, 7) is 0.694. The molecule has 2 rings (SSSR count). The molecule has 2 aromatic rings. The van der Waals surface area contributed by atoms with E-state index in [-0.39, 0.29) is 5.56 Å². The van der Waals surface area contributed by atoms with Crippen LogP contribution in [0, 0.1) is 11.6 Å². The molecule has 0 atom stereocenters. The number of nitrogens with one attached hydrogen (secondary N) is 1. The first-order valence-electron chi connectivity index (χ1n) is 5.85. The Bertz CT molecular complexity index is 594. The molecule has 0 unspecified atom stereocenters. The van der Waals surface area contributed by atoms with Crippen LogP contribution in [0.2, 0.25) is 0 Å². The molecule has 1 N–H and O–H groups in total. The molecule has 19 heavy (non-hydrogen) atoms. The van der Waals surface area contributed by atoms with E-state index in [1.54, 1.807) is 24.3 Å². The molecule has 0 fully saturated rings. The third-order valence-electron chi connectivity index (χ3n) is 2.77. The maximum Gasteiger partial charge on any atom is 0.195 e. The second-order valence-electron chi connectivity index (χ2n) is 4.18. The summed E-state index contributed by atoms with van der Waals surface area (Å²) in [6.07, 6.45) is 0. The van der Waals surface area contributed by atoms with Crippen molar-refractivity contribution in [1.82, 2.24) is 5.32 Å². The van der Waals surface area contributed by atoms with Crippen molar-refractivity contribution in [1.29, 1.82) is 0 Å². The van der Waals surface area contributed by atoms with Gasteiger partial charge in [0.25, 0.3) is 0 Å². The van der Waals surface area contributed by atoms with Crippen molar-refractivity contribution in [3.8, 4) is 0 Å². The largest absolute Gasteiger partial charge is 0.316 e. The van der Waals surface area contributed by atoms with E-state index in [1.807, 2.05) is 7.05 Å². The first-order valence-corrected chi connectivity index (χ1v) is 5.85. The van der Waals surface area contributed by atoms with Gasteiger partial charge < -0.3 is 5.32 Å². The van der Waals surface area contributed by atoms with E-state index in [0.717, 1.165) is 17.7 Å². The van der Waals surface area contributed by atoms with Crippen LogP contribution in [0.25, 0.3) is 0 Å². The van der Waals surface area contributed by atoms with E-state index >= 15 is 0 Å². The van der Waals surface area contributed by atoms with Crippen LogP contribution < -0.4 is 5.32 Å². The monoisotopic (exact) mass is 261 g/mol. The number of benzene rings is 2. The molecule has 0 saturated heterocycles. The van der Waals surface area contributed by atoms with Crippen LogP contribution in [0.3, 0.4) is 0 Å². The van der Waals surface area contributed by atoms with E-state index in [4.69, 9.17) is 0 Å². The van der Waals surface area contributed by atoms with Crippen LogP contribution >= 0.6 is 0 Å². The van der Waals surface area contributed by atoms with E-state index < -0.39 is 17.4 Å². The van der Waals surface area contributed by atoms with Gasteiger partial charge in [-0.2, -0.15) is 0 Å². The number of ketones is 1. The van der Waals surface area contributed by atoms with Crippen molar-refractivity contribution in [3.63, 3.8) is 0 Å². The molecule has 0 amide bonds. The average Bonchev–Trinajstić information content (AvgIpc) is 2.39. The Hall–Kier alpha value is -2.07. The van der Waals surface area contributed by atoms with Crippen molar-refractivity contribution in [2.75, 3.05) is 7.05 Å². The molecule has 2 aromatic carbocycles. The second-order valence-corrected chi connectivity index (χ2v) is 4.18. The number of rotatable bonds is 4. The highest BCUT2D eigenvalue weighted by atomic mass is 19.1. The molecule has 98 valence electrons. The van der Waals surface area contributed by atoms with Gasteiger partial charge in [-0.05, 0) is 24.7 Å². The molecule has 2 nitrogen and oxygen atoms in total. The summed E-state index contributed by atoms with van der Waals surface area (Å²) in [7, 11) is 1.83. The Kier molecular flexibility index (Phi) is 4.02. The molecular weight excluding hydrogens is 248 g/mol. The molecule has 0 spiro atoms. The van der Waals surface area contributed by atoms with Gasteiger partial charge in [-0.15, -0.1) is 0 Å². The summed E-state index contributed by atoms with van der Waals surface area (Å²) in [4.78, 5) is 12.1. The molecular formula is C15H13F2NO.